The highest BCUT2D eigenvalue weighted by atomic mass is 16.5. The summed E-state index contributed by atoms with van der Waals surface area (Å²) in [6, 6.07) is 13.5. The third kappa shape index (κ3) is 8.36. The molecule has 0 amide bonds. The molecule has 4 aromatic carbocycles. The van der Waals surface area contributed by atoms with Gasteiger partial charge in [-0.15, -0.1) is 0 Å². The van der Waals surface area contributed by atoms with Crippen molar-refractivity contribution >= 4 is 52.9 Å². The topological polar surface area (TPSA) is 118 Å². The number of ether oxygens (including phenoxy) is 4. The van der Waals surface area contributed by atoms with E-state index in [0.717, 1.165) is 32.7 Å². The molecule has 0 saturated carbocycles. The molecule has 0 aromatic heterocycles. The van der Waals surface area contributed by atoms with Crippen LogP contribution in [0, 0.1) is 0 Å². The molecular formula is C29H28B4O8. The van der Waals surface area contributed by atoms with E-state index >= 15 is 0 Å². The van der Waals surface area contributed by atoms with Crippen LogP contribution < -0.4 is 18.9 Å². The molecular weight excluding hydrogens is 520 g/mol. The molecule has 0 saturated heterocycles. The van der Waals surface area contributed by atoms with Crippen LogP contribution in [0.4, 0.5) is 0 Å². The maximum Gasteiger partial charge on any atom is 0.123 e. The maximum atomic E-state index is 9.70. The van der Waals surface area contributed by atoms with Gasteiger partial charge in [-0.1, -0.05) is 24.3 Å². The van der Waals surface area contributed by atoms with Gasteiger partial charge in [-0.3, -0.25) is 0 Å². The second-order valence-corrected chi connectivity index (χ2v) is 9.54. The van der Waals surface area contributed by atoms with Gasteiger partial charge in [0.25, 0.3) is 0 Å². The number of rotatable bonds is 14. The molecule has 4 N–H and O–H groups in total. The van der Waals surface area contributed by atoms with E-state index in [1.165, 1.54) is 0 Å². The minimum absolute atomic E-state index is 0.0978. The second kappa shape index (κ2) is 14.0. The fourth-order valence-electron chi connectivity index (χ4n) is 4.39. The van der Waals surface area contributed by atoms with E-state index in [2.05, 4.69) is 0 Å². The van der Waals surface area contributed by atoms with Crippen molar-refractivity contribution in [2.24, 2.45) is 0 Å². The molecule has 8 radical (unpaired) electrons. The van der Waals surface area contributed by atoms with Gasteiger partial charge in [0.2, 0.25) is 0 Å². The molecule has 0 aliphatic heterocycles. The summed E-state index contributed by atoms with van der Waals surface area (Å²) in [4.78, 5) is 0. The predicted octanol–water partition coefficient (Wildman–Crippen LogP) is 1.05. The van der Waals surface area contributed by atoms with Crippen LogP contribution in [0.3, 0.4) is 0 Å². The quantitative estimate of drug-likeness (QED) is 0.173. The Hall–Kier alpha value is -3.30. The zero-order chi connectivity index (χ0) is 29.5. The monoisotopic (exact) mass is 548 g/mol. The van der Waals surface area contributed by atoms with Crippen molar-refractivity contribution in [3.8, 4) is 23.0 Å². The van der Waals surface area contributed by atoms with Gasteiger partial charge >= 0.3 is 0 Å². The van der Waals surface area contributed by atoms with Gasteiger partial charge in [-0.05, 0) is 57.9 Å². The van der Waals surface area contributed by atoms with Crippen LogP contribution in [-0.2, 0) is 6.42 Å². The molecule has 4 atom stereocenters. The van der Waals surface area contributed by atoms with Crippen molar-refractivity contribution in [3.63, 3.8) is 0 Å². The van der Waals surface area contributed by atoms with Crippen LogP contribution in [0.15, 0.2) is 60.7 Å². The number of hydrogen-bond acceptors (Lipinski definition) is 8. The third-order valence-electron chi connectivity index (χ3n) is 6.14. The average Bonchev–Trinajstić information content (AvgIpc) is 2.93. The molecule has 0 heterocycles. The average molecular weight is 548 g/mol. The molecule has 0 bridgehead atoms. The minimum atomic E-state index is -1.20. The Labute approximate surface area is 243 Å². The molecule has 204 valence electrons. The van der Waals surface area contributed by atoms with Gasteiger partial charge in [-0.25, -0.2) is 0 Å². The first-order chi connectivity index (χ1) is 19.6. The third-order valence-corrected chi connectivity index (χ3v) is 6.14. The molecule has 41 heavy (non-hydrogen) atoms. The molecule has 0 aliphatic rings. The first-order valence-corrected chi connectivity index (χ1v) is 13.0. The lowest BCUT2D eigenvalue weighted by Crippen LogP contribution is -2.18. The molecule has 12 heteroatoms. The van der Waals surface area contributed by atoms with Crippen molar-refractivity contribution in [2.45, 2.75) is 30.4 Å². The fraction of sp³-hybridized carbons (Fsp3) is 0.310. The Balaban J connectivity index is 1.88. The van der Waals surface area contributed by atoms with E-state index in [0.29, 0.717) is 23.0 Å². The van der Waals surface area contributed by atoms with Gasteiger partial charge in [0, 0.05) is 41.6 Å². The van der Waals surface area contributed by atoms with Gasteiger partial charge in [0.05, 0.1) is 0 Å². The highest BCUT2D eigenvalue weighted by Gasteiger charge is 2.18. The Morgan fingerprint density at radius 3 is 1.20 bits per heavy atom. The first kappa shape index (κ1) is 30.7. The zero-order valence-electron chi connectivity index (χ0n) is 22.3. The smallest absolute Gasteiger partial charge is 0.123 e. The van der Waals surface area contributed by atoms with E-state index in [1.807, 2.05) is 36.4 Å². The van der Waals surface area contributed by atoms with E-state index in [4.69, 9.17) is 50.3 Å². The summed E-state index contributed by atoms with van der Waals surface area (Å²) in [5.41, 5.74) is 1.47. The summed E-state index contributed by atoms with van der Waals surface area (Å²) in [6.07, 6.45) is 0.270. The summed E-state index contributed by atoms with van der Waals surface area (Å²) in [5, 5.41) is 41.7. The van der Waals surface area contributed by atoms with Crippen LogP contribution in [0.5, 0.6) is 23.0 Å². The number of benzene rings is 4. The highest BCUT2D eigenvalue weighted by Crippen LogP contribution is 2.38. The minimum Gasteiger partial charge on any atom is -0.492 e. The number of fused-ring (bicyclic) bond motifs is 2. The van der Waals surface area contributed by atoms with Crippen LogP contribution in [-0.4, -0.2) is 102 Å². The largest absolute Gasteiger partial charge is 0.492 e. The molecule has 8 nitrogen and oxygen atoms in total. The lowest BCUT2D eigenvalue weighted by atomic mass is 9.93. The second-order valence-electron chi connectivity index (χ2n) is 9.54. The van der Waals surface area contributed by atoms with E-state index in [-0.39, 0.29) is 32.8 Å². The molecule has 0 spiro atoms. The Bertz CT molecular complexity index is 1340. The summed E-state index contributed by atoms with van der Waals surface area (Å²) in [7, 11) is 22.0. The van der Waals surface area contributed by atoms with Gasteiger partial charge < -0.3 is 39.4 Å². The SMILES string of the molecule is [B]C(O)COc1ccc2ccc(OCC([B])O)c(Cc3c(OCC([B])O)ccc4ccc(OCC([B])O)cc34)c2c1. The highest BCUT2D eigenvalue weighted by molar-refractivity contribution is 6.11. The van der Waals surface area contributed by atoms with Gasteiger partial charge in [0.1, 0.15) is 80.8 Å². The lowest BCUT2D eigenvalue weighted by molar-refractivity contribution is 0.167. The molecule has 0 fully saturated rings. The van der Waals surface area contributed by atoms with Crippen molar-refractivity contribution in [1.29, 1.82) is 0 Å². The Morgan fingerprint density at radius 1 is 0.488 bits per heavy atom. The van der Waals surface area contributed by atoms with E-state index in [9.17, 15) is 20.4 Å². The van der Waals surface area contributed by atoms with Crippen molar-refractivity contribution in [2.75, 3.05) is 26.4 Å². The Morgan fingerprint density at radius 2 is 0.829 bits per heavy atom. The van der Waals surface area contributed by atoms with Crippen molar-refractivity contribution in [3.05, 3.63) is 71.8 Å². The summed E-state index contributed by atoms with van der Waals surface area (Å²) < 4.78 is 23.1. The van der Waals surface area contributed by atoms with Crippen molar-refractivity contribution < 1.29 is 39.4 Å². The molecule has 4 rings (SSSR count). The molecule has 4 unspecified atom stereocenters. The molecule has 0 aliphatic carbocycles. The summed E-state index contributed by atoms with van der Waals surface area (Å²) in [6.45, 7) is -0.490. The predicted molar refractivity (Wildman–Crippen MR) is 160 cm³/mol. The van der Waals surface area contributed by atoms with E-state index in [1.54, 1.807) is 24.3 Å². The fourth-order valence-corrected chi connectivity index (χ4v) is 4.39. The van der Waals surface area contributed by atoms with Gasteiger partial charge in [-0.2, -0.15) is 0 Å². The first-order valence-electron chi connectivity index (χ1n) is 13.0. The zero-order valence-corrected chi connectivity index (χ0v) is 22.3. The lowest BCUT2D eigenvalue weighted by Gasteiger charge is -2.20. The maximum absolute atomic E-state index is 9.70. The summed E-state index contributed by atoms with van der Waals surface area (Å²) in [5.74, 6) is 1.91. The van der Waals surface area contributed by atoms with Crippen LogP contribution in [0.1, 0.15) is 11.1 Å². The molecule has 4 aromatic rings. The summed E-state index contributed by atoms with van der Waals surface area (Å²) >= 11 is 0. The van der Waals surface area contributed by atoms with Gasteiger partial charge in [0.15, 0.2) is 0 Å². The number of aliphatic hydroxyl groups excluding tert-OH is 4. The van der Waals surface area contributed by atoms with E-state index < -0.39 is 24.0 Å². The standard InChI is InChI=1S/C29H28B4O8/c30-26(34)12-38-18-5-1-16-3-7-24(40-14-28(32)36)22(20(16)9-18)11-23-21-10-19(39-13-27(31)35)6-2-17(21)4-8-25(23)41-15-29(33)37/h1-10,26-29,34-37H,11-15H2. The Kier molecular flexibility index (Phi) is 10.5. The van der Waals surface area contributed by atoms with Crippen LogP contribution >= 0.6 is 0 Å². The normalized spacial score (nSPS) is 14.3. The number of aliphatic hydroxyl groups is 4. The number of hydrogen-bond donors (Lipinski definition) is 4. The van der Waals surface area contributed by atoms with Crippen molar-refractivity contribution in [1.82, 2.24) is 0 Å². The van der Waals surface area contributed by atoms with Crippen LogP contribution in [0.2, 0.25) is 0 Å². The van der Waals surface area contributed by atoms with Crippen LogP contribution in [0.25, 0.3) is 21.5 Å².